The Morgan fingerprint density at radius 2 is 1.57 bits per heavy atom. The van der Waals surface area contributed by atoms with Crippen molar-refractivity contribution in [3.8, 4) is 11.3 Å². The zero-order chi connectivity index (χ0) is 19.7. The fraction of sp³-hybridized carbons (Fsp3) is 0.0952. The van der Waals surface area contributed by atoms with Gasteiger partial charge in [0.1, 0.15) is 18.1 Å². The predicted molar refractivity (Wildman–Crippen MR) is 103 cm³/mol. The van der Waals surface area contributed by atoms with Crippen molar-refractivity contribution in [2.45, 2.75) is 6.54 Å². The molecule has 1 aliphatic heterocycles. The molecule has 2 heterocycles. The van der Waals surface area contributed by atoms with Crippen LogP contribution in [0.5, 0.6) is 0 Å². The average molecular weight is 395 g/mol. The normalized spacial score (nSPS) is 13.0. The first-order valence-corrected chi connectivity index (χ1v) is 8.97. The van der Waals surface area contributed by atoms with Gasteiger partial charge in [-0.2, -0.15) is 0 Å². The molecular formula is C21H15ClN2O4. The first-order valence-electron chi connectivity index (χ1n) is 8.59. The molecular weight excluding hydrogens is 380 g/mol. The van der Waals surface area contributed by atoms with Crippen molar-refractivity contribution in [3.63, 3.8) is 0 Å². The van der Waals surface area contributed by atoms with Gasteiger partial charge in [0.05, 0.1) is 17.7 Å². The molecule has 1 aromatic heterocycles. The summed E-state index contributed by atoms with van der Waals surface area (Å²) in [7, 11) is 0. The lowest BCUT2D eigenvalue weighted by Crippen LogP contribution is -2.40. The van der Waals surface area contributed by atoms with E-state index >= 15 is 0 Å². The maximum Gasteiger partial charge on any atom is 0.262 e. The number of benzene rings is 2. The molecule has 0 saturated carbocycles. The number of carbonyl (C=O) groups is 3. The summed E-state index contributed by atoms with van der Waals surface area (Å²) in [6.45, 7) is -0.188. The van der Waals surface area contributed by atoms with Crippen LogP contribution < -0.4 is 5.32 Å². The van der Waals surface area contributed by atoms with Crippen molar-refractivity contribution in [2.75, 3.05) is 6.54 Å². The molecule has 28 heavy (non-hydrogen) atoms. The summed E-state index contributed by atoms with van der Waals surface area (Å²) in [5.41, 5.74) is 1.51. The lowest BCUT2D eigenvalue weighted by Gasteiger charge is -2.13. The van der Waals surface area contributed by atoms with Gasteiger partial charge in [0.15, 0.2) is 0 Å². The molecule has 3 aromatic rings. The van der Waals surface area contributed by atoms with Crippen LogP contribution in [0.4, 0.5) is 0 Å². The van der Waals surface area contributed by atoms with E-state index in [-0.39, 0.29) is 13.1 Å². The molecule has 6 nitrogen and oxygen atoms in total. The van der Waals surface area contributed by atoms with Crippen molar-refractivity contribution < 1.29 is 18.8 Å². The molecule has 0 radical (unpaired) electrons. The van der Waals surface area contributed by atoms with E-state index in [1.54, 1.807) is 48.5 Å². The highest BCUT2D eigenvalue weighted by atomic mass is 35.5. The second-order valence-corrected chi connectivity index (χ2v) is 6.73. The molecule has 0 saturated heterocycles. The number of rotatable bonds is 5. The number of hydrogen-bond donors (Lipinski definition) is 1. The van der Waals surface area contributed by atoms with E-state index in [2.05, 4.69) is 5.32 Å². The van der Waals surface area contributed by atoms with Crippen molar-refractivity contribution in [2.24, 2.45) is 0 Å². The van der Waals surface area contributed by atoms with E-state index < -0.39 is 17.7 Å². The second kappa shape index (κ2) is 7.32. The fourth-order valence-corrected chi connectivity index (χ4v) is 3.14. The van der Waals surface area contributed by atoms with Crippen LogP contribution in [0.1, 0.15) is 26.5 Å². The van der Waals surface area contributed by atoms with Crippen LogP contribution in [0, 0.1) is 0 Å². The number of imide groups is 1. The summed E-state index contributed by atoms with van der Waals surface area (Å²) in [6.07, 6.45) is 0. The number of hydrogen-bond acceptors (Lipinski definition) is 4. The number of fused-ring (bicyclic) bond motifs is 1. The third-order valence-corrected chi connectivity index (χ3v) is 4.68. The number of halogens is 1. The number of furan rings is 1. The summed E-state index contributed by atoms with van der Waals surface area (Å²) in [5.74, 6) is -0.154. The van der Waals surface area contributed by atoms with Crippen LogP contribution >= 0.6 is 11.6 Å². The van der Waals surface area contributed by atoms with E-state index in [1.807, 2.05) is 12.1 Å². The molecule has 0 aliphatic carbocycles. The molecule has 0 atom stereocenters. The number of nitrogens with one attached hydrogen (secondary N) is 1. The first kappa shape index (κ1) is 18.0. The van der Waals surface area contributed by atoms with Gasteiger partial charge in [0.2, 0.25) is 5.91 Å². The third kappa shape index (κ3) is 3.42. The number of nitrogens with zero attached hydrogens (tertiary/aromatic N) is 1. The van der Waals surface area contributed by atoms with Crippen molar-refractivity contribution in [1.29, 1.82) is 0 Å². The molecule has 2 aromatic carbocycles. The van der Waals surface area contributed by atoms with E-state index in [4.69, 9.17) is 16.0 Å². The van der Waals surface area contributed by atoms with Gasteiger partial charge in [-0.3, -0.25) is 19.3 Å². The predicted octanol–water partition coefficient (Wildman–Crippen LogP) is 3.51. The standard InChI is InChI=1S/C21H15ClN2O4/c22-14-7-5-13(6-8-14)18-10-9-15(28-18)11-23-19(25)12-24-20(26)16-3-1-2-4-17(16)21(24)27/h1-10H,11-12H2,(H,23,25). The Morgan fingerprint density at radius 3 is 2.21 bits per heavy atom. The largest absolute Gasteiger partial charge is 0.459 e. The van der Waals surface area contributed by atoms with Crippen LogP contribution in [-0.2, 0) is 11.3 Å². The molecule has 0 spiro atoms. The molecule has 0 bridgehead atoms. The van der Waals surface area contributed by atoms with Gasteiger partial charge in [-0.25, -0.2) is 0 Å². The Kier molecular flexibility index (Phi) is 4.71. The highest BCUT2D eigenvalue weighted by molar-refractivity contribution is 6.30. The maximum absolute atomic E-state index is 12.3. The molecule has 7 heteroatoms. The fourth-order valence-electron chi connectivity index (χ4n) is 3.01. The highest BCUT2D eigenvalue weighted by Gasteiger charge is 2.36. The molecule has 0 unspecified atom stereocenters. The number of amides is 3. The van der Waals surface area contributed by atoms with Crippen molar-refractivity contribution in [1.82, 2.24) is 10.2 Å². The Hall–Kier alpha value is -3.38. The van der Waals surface area contributed by atoms with Crippen LogP contribution in [0.15, 0.2) is 65.1 Å². The minimum absolute atomic E-state index is 0.148. The van der Waals surface area contributed by atoms with E-state index in [1.165, 1.54) is 0 Å². The average Bonchev–Trinajstić information content (AvgIpc) is 3.27. The smallest absolute Gasteiger partial charge is 0.262 e. The van der Waals surface area contributed by atoms with E-state index in [9.17, 15) is 14.4 Å². The lowest BCUT2D eigenvalue weighted by molar-refractivity contribution is -0.121. The molecule has 3 amide bonds. The minimum Gasteiger partial charge on any atom is -0.459 e. The second-order valence-electron chi connectivity index (χ2n) is 6.29. The molecule has 1 N–H and O–H groups in total. The Morgan fingerprint density at radius 1 is 0.929 bits per heavy atom. The Bertz CT molecular complexity index is 1040. The van der Waals surface area contributed by atoms with E-state index in [0.29, 0.717) is 27.7 Å². The van der Waals surface area contributed by atoms with Crippen molar-refractivity contribution >= 4 is 29.3 Å². The van der Waals surface area contributed by atoms with Gasteiger partial charge in [-0.15, -0.1) is 0 Å². The SMILES string of the molecule is O=C(CN1C(=O)c2ccccc2C1=O)NCc1ccc(-c2ccc(Cl)cc2)o1. The lowest BCUT2D eigenvalue weighted by atomic mass is 10.1. The van der Waals surface area contributed by atoms with Crippen LogP contribution in [0.25, 0.3) is 11.3 Å². The maximum atomic E-state index is 12.3. The van der Waals surface area contributed by atoms with Gasteiger partial charge in [-0.1, -0.05) is 23.7 Å². The minimum atomic E-state index is -0.459. The van der Waals surface area contributed by atoms with Crippen LogP contribution in [-0.4, -0.2) is 29.2 Å². The van der Waals surface area contributed by atoms with Crippen molar-refractivity contribution in [3.05, 3.63) is 82.6 Å². The molecule has 140 valence electrons. The molecule has 1 aliphatic rings. The summed E-state index contributed by atoms with van der Waals surface area (Å²) in [5, 5.41) is 3.30. The zero-order valence-electron chi connectivity index (χ0n) is 14.6. The van der Waals surface area contributed by atoms with Gasteiger partial charge >= 0.3 is 0 Å². The summed E-state index contributed by atoms with van der Waals surface area (Å²) < 4.78 is 5.72. The quantitative estimate of drug-likeness (QED) is 0.671. The Labute approximate surface area is 165 Å². The van der Waals surface area contributed by atoms with Gasteiger partial charge in [0, 0.05) is 10.6 Å². The number of carbonyl (C=O) groups excluding carboxylic acids is 3. The van der Waals surface area contributed by atoms with E-state index in [0.717, 1.165) is 10.5 Å². The molecule has 4 rings (SSSR count). The summed E-state index contributed by atoms with van der Waals surface area (Å²) >= 11 is 5.88. The van der Waals surface area contributed by atoms with Crippen LogP contribution in [0.2, 0.25) is 5.02 Å². The topological polar surface area (TPSA) is 79.6 Å². The third-order valence-electron chi connectivity index (χ3n) is 4.43. The van der Waals surface area contributed by atoms with Gasteiger partial charge in [-0.05, 0) is 48.5 Å². The monoisotopic (exact) mass is 394 g/mol. The van der Waals surface area contributed by atoms with Crippen LogP contribution in [0.3, 0.4) is 0 Å². The zero-order valence-corrected chi connectivity index (χ0v) is 15.4. The highest BCUT2D eigenvalue weighted by Crippen LogP contribution is 2.24. The first-order chi connectivity index (χ1) is 13.5. The van der Waals surface area contributed by atoms with Gasteiger partial charge < -0.3 is 9.73 Å². The molecule has 0 fully saturated rings. The summed E-state index contributed by atoms with van der Waals surface area (Å²) in [4.78, 5) is 37.8. The summed E-state index contributed by atoms with van der Waals surface area (Å²) in [6, 6.07) is 17.3. The van der Waals surface area contributed by atoms with Gasteiger partial charge in [0.25, 0.3) is 11.8 Å². The Balaban J connectivity index is 1.36.